The lowest BCUT2D eigenvalue weighted by Gasteiger charge is -2.29. The number of piperidine rings is 1. The van der Waals surface area contributed by atoms with Crippen molar-refractivity contribution in [3.8, 4) is 11.8 Å². The van der Waals surface area contributed by atoms with E-state index >= 15 is 0 Å². The Morgan fingerprint density at radius 1 is 1.09 bits per heavy atom. The summed E-state index contributed by atoms with van der Waals surface area (Å²) in [5, 5.41) is 8.41. The fraction of sp³-hybridized carbons (Fsp3) is 0.259. The van der Waals surface area contributed by atoms with Crippen LogP contribution in [0.3, 0.4) is 0 Å². The maximum Gasteiger partial charge on any atom is 0.255 e. The molecule has 1 saturated heterocycles. The number of fused-ring (bicyclic) bond motifs is 1. The van der Waals surface area contributed by atoms with Crippen LogP contribution in [-0.4, -0.2) is 50.7 Å². The molecular weight excluding hydrogens is 438 g/mol. The highest BCUT2D eigenvalue weighted by molar-refractivity contribution is 6.04. The molecular formula is C27H27N7O. The van der Waals surface area contributed by atoms with Gasteiger partial charge in [0.2, 0.25) is 0 Å². The van der Waals surface area contributed by atoms with Gasteiger partial charge < -0.3 is 16.0 Å². The average molecular weight is 466 g/mol. The molecule has 0 aliphatic carbocycles. The second kappa shape index (κ2) is 9.57. The molecule has 2 aromatic heterocycles. The third-order valence-corrected chi connectivity index (χ3v) is 6.28. The van der Waals surface area contributed by atoms with Crippen LogP contribution in [0.2, 0.25) is 0 Å². The summed E-state index contributed by atoms with van der Waals surface area (Å²) in [6.07, 6.45) is 3.45. The molecule has 2 aromatic carbocycles. The molecule has 0 atom stereocenters. The SMILES string of the molecule is Cc1cccc(NC(=O)c2cccc(C#Cc3nn(C4CCN(C)CC4)c4ncnc(N)c34)c2)c1. The highest BCUT2D eigenvalue weighted by Crippen LogP contribution is 2.28. The largest absolute Gasteiger partial charge is 0.383 e. The van der Waals surface area contributed by atoms with Crippen LogP contribution in [0.1, 0.15) is 46.1 Å². The van der Waals surface area contributed by atoms with Gasteiger partial charge in [-0.25, -0.2) is 14.6 Å². The molecule has 0 radical (unpaired) electrons. The van der Waals surface area contributed by atoms with Gasteiger partial charge in [0.1, 0.15) is 17.8 Å². The first kappa shape index (κ1) is 22.6. The van der Waals surface area contributed by atoms with E-state index < -0.39 is 0 Å². The molecule has 1 aliphatic rings. The topological polar surface area (TPSA) is 102 Å². The van der Waals surface area contributed by atoms with E-state index in [1.807, 2.05) is 48.0 Å². The Balaban J connectivity index is 1.44. The third-order valence-electron chi connectivity index (χ3n) is 6.28. The Hall–Kier alpha value is -4.22. The summed E-state index contributed by atoms with van der Waals surface area (Å²) in [7, 11) is 2.13. The van der Waals surface area contributed by atoms with Crippen molar-refractivity contribution in [3.63, 3.8) is 0 Å². The Morgan fingerprint density at radius 2 is 1.89 bits per heavy atom. The van der Waals surface area contributed by atoms with Crippen LogP contribution in [0.4, 0.5) is 11.5 Å². The van der Waals surface area contributed by atoms with Crippen molar-refractivity contribution < 1.29 is 4.79 Å². The number of carbonyl (C=O) groups is 1. The minimum Gasteiger partial charge on any atom is -0.383 e. The summed E-state index contributed by atoms with van der Waals surface area (Å²) in [6.45, 7) is 4.00. The maximum atomic E-state index is 12.8. The smallest absolute Gasteiger partial charge is 0.255 e. The fourth-order valence-corrected chi connectivity index (χ4v) is 4.37. The number of rotatable bonds is 3. The molecule has 1 fully saturated rings. The van der Waals surface area contributed by atoms with Gasteiger partial charge in [-0.1, -0.05) is 24.1 Å². The van der Waals surface area contributed by atoms with E-state index in [-0.39, 0.29) is 11.9 Å². The van der Waals surface area contributed by atoms with E-state index in [1.165, 1.54) is 6.33 Å². The van der Waals surface area contributed by atoms with Gasteiger partial charge in [0.15, 0.2) is 5.65 Å². The van der Waals surface area contributed by atoms with E-state index in [2.05, 4.69) is 39.1 Å². The molecule has 3 N–H and O–H groups in total. The number of amides is 1. The first-order chi connectivity index (χ1) is 17.0. The predicted octanol–water partition coefficient (Wildman–Crippen LogP) is 3.64. The van der Waals surface area contributed by atoms with Gasteiger partial charge in [-0.3, -0.25) is 4.79 Å². The number of nitrogens with two attached hydrogens (primary N) is 1. The maximum absolute atomic E-state index is 12.8. The summed E-state index contributed by atoms with van der Waals surface area (Å²) < 4.78 is 1.95. The van der Waals surface area contributed by atoms with Crippen LogP contribution in [0.25, 0.3) is 11.0 Å². The molecule has 8 heteroatoms. The molecule has 35 heavy (non-hydrogen) atoms. The molecule has 5 rings (SSSR count). The first-order valence-electron chi connectivity index (χ1n) is 11.7. The zero-order valence-corrected chi connectivity index (χ0v) is 19.8. The van der Waals surface area contributed by atoms with Crippen molar-refractivity contribution >= 4 is 28.4 Å². The number of nitrogens with zero attached hydrogens (tertiary/aromatic N) is 5. The average Bonchev–Trinajstić information content (AvgIpc) is 3.23. The Labute approximate surface area is 204 Å². The van der Waals surface area contributed by atoms with Crippen molar-refractivity contribution in [3.05, 3.63) is 77.2 Å². The highest BCUT2D eigenvalue weighted by atomic mass is 16.1. The van der Waals surface area contributed by atoms with Crippen molar-refractivity contribution in [2.45, 2.75) is 25.8 Å². The zero-order valence-electron chi connectivity index (χ0n) is 19.8. The van der Waals surface area contributed by atoms with E-state index in [0.717, 1.165) is 37.2 Å². The number of aromatic nitrogens is 4. The molecule has 4 aromatic rings. The number of hydrogen-bond donors (Lipinski definition) is 2. The Kier molecular flexibility index (Phi) is 6.17. The predicted molar refractivity (Wildman–Crippen MR) is 137 cm³/mol. The minimum absolute atomic E-state index is 0.186. The normalized spacial score (nSPS) is 14.5. The van der Waals surface area contributed by atoms with Gasteiger partial charge in [-0.2, -0.15) is 5.10 Å². The number of carbonyl (C=O) groups excluding carboxylic acids is 1. The van der Waals surface area contributed by atoms with Crippen LogP contribution in [0.15, 0.2) is 54.9 Å². The summed E-state index contributed by atoms with van der Waals surface area (Å²) >= 11 is 0. The van der Waals surface area contributed by atoms with Crippen LogP contribution in [0, 0.1) is 18.8 Å². The van der Waals surface area contributed by atoms with Crippen molar-refractivity contribution in [2.24, 2.45) is 0 Å². The lowest BCUT2D eigenvalue weighted by Crippen LogP contribution is -2.32. The van der Waals surface area contributed by atoms with Crippen LogP contribution in [0.5, 0.6) is 0 Å². The first-order valence-corrected chi connectivity index (χ1v) is 11.7. The minimum atomic E-state index is -0.186. The van der Waals surface area contributed by atoms with E-state index in [0.29, 0.717) is 33.7 Å². The van der Waals surface area contributed by atoms with Crippen molar-refractivity contribution in [2.75, 3.05) is 31.2 Å². The zero-order chi connectivity index (χ0) is 24.4. The van der Waals surface area contributed by atoms with Gasteiger partial charge in [-0.15, -0.1) is 0 Å². The number of benzene rings is 2. The summed E-state index contributed by atoms with van der Waals surface area (Å²) in [5.41, 5.74) is 10.5. The second-order valence-corrected chi connectivity index (χ2v) is 8.94. The van der Waals surface area contributed by atoms with E-state index in [1.54, 1.807) is 12.1 Å². The fourth-order valence-electron chi connectivity index (χ4n) is 4.37. The number of nitrogens with one attached hydrogen (secondary N) is 1. The molecule has 8 nitrogen and oxygen atoms in total. The lowest BCUT2D eigenvalue weighted by molar-refractivity contribution is 0.102. The molecule has 0 spiro atoms. The highest BCUT2D eigenvalue weighted by Gasteiger charge is 2.24. The van der Waals surface area contributed by atoms with Gasteiger partial charge in [-0.05, 0) is 81.7 Å². The summed E-state index contributed by atoms with van der Waals surface area (Å²) in [6, 6.07) is 15.2. The standard InChI is InChI=1S/C27H27N7O/c1-18-5-3-8-21(15-18)31-27(35)20-7-4-6-19(16-20)9-10-23-24-25(28)29-17-30-26(24)34(32-23)22-11-13-33(2)14-12-22/h3-8,15-17,22H,11-14H2,1-2H3,(H,31,35)(H2,28,29,30). The monoisotopic (exact) mass is 465 g/mol. The van der Waals surface area contributed by atoms with Gasteiger partial charge in [0.25, 0.3) is 5.91 Å². The molecule has 1 aliphatic heterocycles. The Bertz CT molecular complexity index is 1460. The number of nitrogen functional groups attached to an aromatic ring is 1. The number of likely N-dealkylation sites (tertiary alicyclic amines) is 1. The van der Waals surface area contributed by atoms with Gasteiger partial charge in [0, 0.05) is 16.8 Å². The molecule has 0 unspecified atom stereocenters. The quantitative estimate of drug-likeness (QED) is 0.448. The van der Waals surface area contributed by atoms with Crippen LogP contribution < -0.4 is 11.1 Å². The molecule has 176 valence electrons. The molecule has 1 amide bonds. The second-order valence-electron chi connectivity index (χ2n) is 8.94. The number of hydrogen-bond acceptors (Lipinski definition) is 6. The third kappa shape index (κ3) is 4.86. The summed E-state index contributed by atoms with van der Waals surface area (Å²) in [5.74, 6) is 6.48. The number of anilines is 2. The van der Waals surface area contributed by atoms with E-state index in [4.69, 9.17) is 10.8 Å². The van der Waals surface area contributed by atoms with Crippen LogP contribution in [-0.2, 0) is 0 Å². The lowest BCUT2D eigenvalue weighted by atomic mass is 10.1. The van der Waals surface area contributed by atoms with Gasteiger partial charge >= 0.3 is 0 Å². The number of aryl methyl sites for hydroxylation is 1. The molecule has 0 saturated carbocycles. The van der Waals surface area contributed by atoms with E-state index in [9.17, 15) is 4.79 Å². The summed E-state index contributed by atoms with van der Waals surface area (Å²) in [4.78, 5) is 23.7. The Morgan fingerprint density at radius 3 is 2.69 bits per heavy atom. The molecule has 0 bridgehead atoms. The molecule has 3 heterocycles. The van der Waals surface area contributed by atoms with Crippen LogP contribution >= 0.6 is 0 Å². The van der Waals surface area contributed by atoms with Crippen molar-refractivity contribution in [1.82, 2.24) is 24.6 Å². The van der Waals surface area contributed by atoms with Crippen molar-refractivity contribution in [1.29, 1.82) is 0 Å². The van der Waals surface area contributed by atoms with Gasteiger partial charge in [0.05, 0.1) is 11.4 Å².